The van der Waals surface area contributed by atoms with Crippen LogP contribution in [0.15, 0.2) is 24.3 Å². The molecule has 0 radical (unpaired) electrons. The van der Waals surface area contributed by atoms with Gasteiger partial charge >= 0.3 is 0 Å². The van der Waals surface area contributed by atoms with Gasteiger partial charge in [0, 0.05) is 0 Å². The lowest BCUT2D eigenvalue weighted by molar-refractivity contribution is 0.0611. The summed E-state index contributed by atoms with van der Waals surface area (Å²) < 4.78 is 5.80. The van der Waals surface area contributed by atoms with E-state index in [0.29, 0.717) is 6.04 Å². The quantitative estimate of drug-likeness (QED) is 0.758. The molecular weight excluding hydrogens is 246 g/mol. The van der Waals surface area contributed by atoms with Crippen LogP contribution in [-0.4, -0.2) is 19.3 Å². The van der Waals surface area contributed by atoms with Gasteiger partial charge in [-0.2, -0.15) is 0 Å². The number of nitrogens with one attached hydrogen (secondary N) is 1. The topological polar surface area (TPSA) is 21.3 Å². The van der Waals surface area contributed by atoms with Crippen molar-refractivity contribution in [1.29, 1.82) is 0 Å². The Morgan fingerprint density at radius 2 is 1.90 bits per heavy atom. The summed E-state index contributed by atoms with van der Waals surface area (Å²) >= 11 is 0. The van der Waals surface area contributed by atoms with Crippen molar-refractivity contribution in [2.75, 3.05) is 13.2 Å². The largest absolute Gasteiger partial charge is 0.377 e. The minimum atomic E-state index is 0.287. The van der Waals surface area contributed by atoms with Gasteiger partial charge in [-0.05, 0) is 56.7 Å². The molecule has 0 saturated heterocycles. The number of ether oxygens (including phenoxy) is 1. The van der Waals surface area contributed by atoms with Crippen molar-refractivity contribution in [3.63, 3.8) is 0 Å². The van der Waals surface area contributed by atoms with Crippen LogP contribution in [0.4, 0.5) is 0 Å². The number of rotatable bonds is 8. The zero-order valence-electron chi connectivity index (χ0n) is 13.2. The Morgan fingerprint density at radius 1 is 1.20 bits per heavy atom. The lowest BCUT2D eigenvalue weighted by atomic mass is 9.80. The molecule has 0 heterocycles. The molecule has 1 aliphatic carbocycles. The predicted molar refractivity (Wildman–Crippen MR) is 85.2 cm³/mol. The summed E-state index contributed by atoms with van der Waals surface area (Å²) in [6.07, 6.45) is 5.57. The SMILES string of the molecule is CCCNC(COC(C)C)c1ccc(C2CCC2)cc1. The van der Waals surface area contributed by atoms with E-state index in [0.717, 1.165) is 25.5 Å². The highest BCUT2D eigenvalue weighted by Gasteiger charge is 2.19. The van der Waals surface area contributed by atoms with Gasteiger partial charge in [-0.15, -0.1) is 0 Å². The summed E-state index contributed by atoms with van der Waals surface area (Å²) in [4.78, 5) is 0. The average molecular weight is 275 g/mol. The normalized spacial score (nSPS) is 17.2. The lowest BCUT2D eigenvalue weighted by Gasteiger charge is -2.26. The third kappa shape index (κ3) is 4.32. The average Bonchev–Trinajstić information content (AvgIpc) is 2.38. The van der Waals surface area contributed by atoms with Crippen molar-refractivity contribution in [3.8, 4) is 0 Å². The van der Waals surface area contributed by atoms with E-state index in [-0.39, 0.29) is 6.10 Å². The molecule has 112 valence electrons. The van der Waals surface area contributed by atoms with Gasteiger partial charge in [0.1, 0.15) is 0 Å². The minimum Gasteiger partial charge on any atom is -0.377 e. The first kappa shape index (κ1) is 15.5. The Bertz CT molecular complexity index is 381. The fourth-order valence-corrected chi connectivity index (χ4v) is 2.62. The third-order valence-corrected chi connectivity index (χ3v) is 4.15. The molecule has 0 aromatic heterocycles. The van der Waals surface area contributed by atoms with E-state index in [2.05, 4.69) is 50.4 Å². The molecule has 1 atom stereocenters. The van der Waals surface area contributed by atoms with E-state index in [9.17, 15) is 0 Å². The molecule has 0 bridgehead atoms. The predicted octanol–water partition coefficient (Wildman–Crippen LogP) is 4.42. The summed E-state index contributed by atoms with van der Waals surface area (Å²) in [5, 5.41) is 3.59. The van der Waals surface area contributed by atoms with Crippen LogP contribution in [0, 0.1) is 0 Å². The molecule has 20 heavy (non-hydrogen) atoms. The van der Waals surface area contributed by atoms with Crippen molar-refractivity contribution in [2.45, 2.75) is 64.5 Å². The first-order valence-corrected chi connectivity index (χ1v) is 8.15. The first-order chi connectivity index (χ1) is 9.70. The molecule has 2 nitrogen and oxygen atoms in total. The molecule has 1 aromatic carbocycles. The number of hydrogen-bond acceptors (Lipinski definition) is 2. The van der Waals surface area contributed by atoms with Crippen LogP contribution in [0.1, 0.15) is 69.5 Å². The minimum absolute atomic E-state index is 0.287. The molecule has 1 N–H and O–H groups in total. The van der Waals surface area contributed by atoms with E-state index < -0.39 is 0 Å². The van der Waals surface area contributed by atoms with Gasteiger partial charge in [0.25, 0.3) is 0 Å². The van der Waals surface area contributed by atoms with Gasteiger partial charge in [-0.1, -0.05) is 37.6 Å². The van der Waals surface area contributed by atoms with Crippen LogP contribution >= 0.6 is 0 Å². The molecule has 0 amide bonds. The fourth-order valence-electron chi connectivity index (χ4n) is 2.62. The van der Waals surface area contributed by atoms with Crippen LogP contribution in [-0.2, 0) is 4.74 Å². The highest BCUT2D eigenvalue weighted by molar-refractivity contribution is 5.28. The maximum Gasteiger partial charge on any atom is 0.0664 e. The maximum absolute atomic E-state index is 5.80. The van der Waals surface area contributed by atoms with Gasteiger partial charge < -0.3 is 10.1 Å². The Balaban J connectivity index is 1.98. The molecule has 1 aromatic rings. The molecule has 1 saturated carbocycles. The van der Waals surface area contributed by atoms with Crippen LogP contribution < -0.4 is 5.32 Å². The molecule has 2 rings (SSSR count). The first-order valence-electron chi connectivity index (χ1n) is 8.15. The van der Waals surface area contributed by atoms with Crippen LogP contribution in [0.3, 0.4) is 0 Å². The zero-order chi connectivity index (χ0) is 14.4. The molecule has 0 aliphatic heterocycles. The van der Waals surface area contributed by atoms with E-state index in [1.54, 1.807) is 0 Å². The molecule has 1 fully saturated rings. The second kappa shape index (κ2) is 7.80. The van der Waals surface area contributed by atoms with Gasteiger partial charge in [0.2, 0.25) is 0 Å². The number of benzene rings is 1. The van der Waals surface area contributed by atoms with E-state index in [1.807, 2.05) is 0 Å². The van der Waals surface area contributed by atoms with Crippen LogP contribution in [0.5, 0.6) is 0 Å². The van der Waals surface area contributed by atoms with Crippen molar-refractivity contribution in [1.82, 2.24) is 5.32 Å². The molecule has 1 unspecified atom stereocenters. The van der Waals surface area contributed by atoms with Gasteiger partial charge in [-0.3, -0.25) is 0 Å². The Kier molecular flexibility index (Phi) is 6.06. The zero-order valence-corrected chi connectivity index (χ0v) is 13.2. The highest BCUT2D eigenvalue weighted by atomic mass is 16.5. The molecule has 0 spiro atoms. The van der Waals surface area contributed by atoms with E-state index >= 15 is 0 Å². The highest BCUT2D eigenvalue weighted by Crippen LogP contribution is 2.36. The summed E-state index contributed by atoms with van der Waals surface area (Å²) in [7, 11) is 0. The summed E-state index contributed by atoms with van der Waals surface area (Å²) in [5.74, 6) is 0.818. The second-order valence-electron chi connectivity index (χ2n) is 6.18. The van der Waals surface area contributed by atoms with Crippen LogP contribution in [0.2, 0.25) is 0 Å². The Hall–Kier alpha value is -0.860. The van der Waals surface area contributed by atoms with Crippen LogP contribution in [0.25, 0.3) is 0 Å². The standard InChI is InChI=1S/C18H29NO/c1-4-12-19-18(13-20-14(2)3)17-10-8-16(9-11-17)15-6-5-7-15/h8-11,14-15,18-19H,4-7,12-13H2,1-3H3. The van der Waals surface area contributed by atoms with Gasteiger partial charge in [0.05, 0.1) is 18.8 Å². The summed E-state index contributed by atoms with van der Waals surface area (Å²) in [6.45, 7) is 8.18. The Labute approximate surface area is 123 Å². The monoisotopic (exact) mass is 275 g/mol. The lowest BCUT2D eigenvalue weighted by Crippen LogP contribution is -2.27. The Morgan fingerprint density at radius 3 is 2.40 bits per heavy atom. The molecule has 1 aliphatic rings. The van der Waals surface area contributed by atoms with E-state index in [1.165, 1.54) is 30.4 Å². The van der Waals surface area contributed by atoms with Gasteiger partial charge in [-0.25, -0.2) is 0 Å². The maximum atomic E-state index is 5.80. The van der Waals surface area contributed by atoms with E-state index in [4.69, 9.17) is 4.74 Å². The second-order valence-corrected chi connectivity index (χ2v) is 6.18. The summed E-state index contributed by atoms with van der Waals surface area (Å²) in [5.41, 5.74) is 2.86. The molecular formula is C18H29NO. The van der Waals surface area contributed by atoms with Crippen molar-refractivity contribution in [3.05, 3.63) is 35.4 Å². The smallest absolute Gasteiger partial charge is 0.0664 e. The number of hydrogen-bond donors (Lipinski definition) is 1. The van der Waals surface area contributed by atoms with Crippen molar-refractivity contribution >= 4 is 0 Å². The van der Waals surface area contributed by atoms with Crippen molar-refractivity contribution < 1.29 is 4.74 Å². The fraction of sp³-hybridized carbons (Fsp3) is 0.667. The third-order valence-electron chi connectivity index (χ3n) is 4.15. The summed E-state index contributed by atoms with van der Waals surface area (Å²) in [6, 6.07) is 9.51. The molecule has 2 heteroatoms. The van der Waals surface area contributed by atoms with Crippen molar-refractivity contribution in [2.24, 2.45) is 0 Å². The van der Waals surface area contributed by atoms with Gasteiger partial charge in [0.15, 0.2) is 0 Å².